The van der Waals surface area contributed by atoms with Crippen molar-refractivity contribution < 1.29 is 4.74 Å². The molecule has 1 heterocycles. The lowest BCUT2D eigenvalue weighted by molar-refractivity contribution is -0.00465. The quantitative estimate of drug-likeness (QED) is 0.868. The van der Waals surface area contributed by atoms with Crippen molar-refractivity contribution in [2.75, 3.05) is 31.6 Å². The third-order valence-corrected chi connectivity index (χ3v) is 4.33. The van der Waals surface area contributed by atoms with Gasteiger partial charge < -0.3 is 15.0 Å². The largest absolute Gasteiger partial charge is 0.377 e. The number of ether oxygens (including phenoxy) is 1. The van der Waals surface area contributed by atoms with Gasteiger partial charge in [-0.2, -0.15) is 0 Å². The second-order valence-electron chi connectivity index (χ2n) is 6.87. The third-order valence-electron chi connectivity index (χ3n) is 4.33. The first-order chi connectivity index (χ1) is 10.0. The van der Waals surface area contributed by atoms with Gasteiger partial charge in [-0.3, -0.25) is 0 Å². The van der Waals surface area contributed by atoms with Crippen molar-refractivity contribution >= 4 is 5.69 Å². The Morgan fingerprint density at radius 2 is 2.00 bits per heavy atom. The van der Waals surface area contributed by atoms with Gasteiger partial charge in [0.15, 0.2) is 0 Å². The van der Waals surface area contributed by atoms with Gasteiger partial charge in [-0.25, -0.2) is 0 Å². The van der Waals surface area contributed by atoms with Gasteiger partial charge in [0, 0.05) is 32.4 Å². The van der Waals surface area contributed by atoms with E-state index in [2.05, 4.69) is 55.3 Å². The van der Waals surface area contributed by atoms with Crippen molar-refractivity contribution in [1.29, 1.82) is 0 Å². The molecule has 1 aromatic rings. The maximum atomic E-state index is 5.68. The standard InChI is InChI=1S/C18H30N2O/c1-15(2)12-19-13-16-6-8-17(9-7-16)20-11-5-10-18(3,14-20)21-4/h6-9,15,19H,5,10-14H2,1-4H3. The Labute approximate surface area is 129 Å². The second-order valence-corrected chi connectivity index (χ2v) is 6.87. The van der Waals surface area contributed by atoms with Crippen LogP contribution in [0.4, 0.5) is 5.69 Å². The summed E-state index contributed by atoms with van der Waals surface area (Å²) in [5.74, 6) is 0.698. The molecule has 1 aliphatic heterocycles. The van der Waals surface area contributed by atoms with E-state index >= 15 is 0 Å². The van der Waals surface area contributed by atoms with Crippen LogP contribution in [0.1, 0.15) is 39.2 Å². The molecule has 1 atom stereocenters. The summed E-state index contributed by atoms with van der Waals surface area (Å²) in [7, 11) is 1.83. The molecular weight excluding hydrogens is 260 g/mol. The molecule has 1 saturated heterocycles. The summed E-state index contributed by atoms with van der Waals surface area (Å²) in [6.45, 7) is 10.8. The maximum Gasteiger partial charge on any atom is 0.0825 e. The molecule has 1 aliphatic rings. The van der Waals surface area contributed by atoms with Gasteiger partial charge >= 0.3 is 0 Å². The second kappa shape index (κ2) is 7.28. The zero-order valence-corrected chi connectivity index (χ0v) is 14.0. The van der Waals surface area contributed by atoms with Crippen LogP contribution < -0.4 is 10.2 Å². The van der Waals surface area contributed by atoms with Crippen LogP contribution in [-0.4, -0.2) is 32.3 Å². The third kappa shape index (κ3) is 4.72. The van der Waals surface area contributed by atoms with Crippen LogP contribution in [0, 0.1) is 5.92 Å². The van der Waals surface area contributed by atoms with E-state index in [0.717, 1.165) is 32.6 Å². The molecule has 3 heteroatoms. The molecule has 1 N–H and O–H groups in total. The normalized spacial score (nSPS) is 22.8. The summed E-state index contributed by atoms with van der Waals surface area (Å²) in [4.78, 5) is 2.44. The topological polar surface area (TPSA) is 24.5 Å². The van der Waals surface area contributed by atoms with E-state index in [1.165, 1.54) is 17.7 Å². The smallest absolute Gasteiger partial charge is 0.0825 e. The molecule has 0 saturated carbocycles. The Morgan fingerprint density at radius 3 is 2.62 bits per heavy atom. The average molecular weight is 290 g/mol. The van der Waals surface area contributed by atoms with Crippen LogP contribution in [0.3, 0.4) is 0 Å². The minimum Gasteiger partial charge on any atom is -0.377 e. The monoisotopic (exact) mass is 290 g/mol. The highest BCUT2D eigenvalue weighted by atomic mass is 16.5. The molecular formula is C18H30N2O. The fourth-order valence-electron chi connectivity index (χ4n) is 2.92. The van der Waals surface area contributed by atoms with E-state index in [1.54, 1.807) is 0 Å². The molecule has 0 aromatic heterocycles. The molecule has 1 aromatic carbocycles. The number of hydrogen-bond acceptors (Lipinski definition) is 3. The minimum absolute atomic E-state index is 0.00422. The van der Waals surface area contributed by atoms with Crippen molar-refractivity contribution in [3.63, 3.8) is 0 Å². The van der Waals surface area contributed by atoms with Crippen LogP contribution in [0.5, 0.6) is 0 Å². The number of nitrogens with zero attached hydrogens (tertiary/aromatic N) is 1. The molecule has 3 nitrogen and oxygen atoms in total. The fraction of sp³-hybridized carbons (Fsp3) is 0.667. The van der Waals surface area contributed by atoms with Crippen LogP contribution >= 0.6 is 0 Å². The van der Waals surface area contributed by atoms with Gasteiger partial charge in [0.2, 0.25) is 0 Å². The van der Waals surface area contributed by atoms with Crippen LogP contribution in [0.2, 0.25) is 0 Å². The SMILES string of the molecule is COC1(C)CCCN(c2ccc(CNCC(C)C)cc2)C1. The summed E-state index contributed by atoms with van der Waals surface area (Å²) in [6.07, 6.45) is 2.35. The predicted molar refractivity (Wildman–Crippen MR) is 89.8 cm³/mol. The van der Waals surface area contributed by atoms with Gasteiger partial charge in [0.1, 0.15) is 0 Å². The predicted octanol–water partition coefficient (Wildman–Crippen LogP) is 3.44. The lowest BCUT2D eigenvalue weighted by Crippen LogP contribution is -2.47. The molecule has 118 valence electrons. The van der Waals surface area contributed by atoms with Crippen LogP contribution in [-0.2, 0) is 11.3 Å². The molecule has 0 amide bonds. The Hall–Kier alpha value is -1.06. The van der Waals surface area contributed by atoms with Crippen molar-refractivity contribution in [2.24, 2.45) is 5.92 Å². The van der Waals surface area contributed by atoms with Gasteiger partial charge in [0.25, 0.3) is 0 Å². The molecule has 0 radical (unpaired) electrons. The Balaban J connectivity index is 1.92. The Kier molecular flexibility index (Phi) is 5.65. The zero-order chi connectivity index (χ0) is 15.3. The van der Waals surface area contributed by atoms with Gasteiger partial charge in [-0.05, 0) is 49.9 Å². The first-order valence-electron chi connectivity index (χ1n) is 8.12. The van der Waals surface area contributed by atoms with Crippen molar-refractivity contribution in [3.8, 4) is 0 Å². The summed E-state index contributed by atoms with van der Waals surface area (Å²) in [5, 5.41) is 3.49. The molecule has 0 spiro atoms. The molecule has 1 fully saturated rings. The molecule has 0 aliphatic carbocycles. The number of rotatable bonds is 6. The highest BCUT2D eigenvalue weighted by molar-refractivity contribution is 5.48. The van der Waals surface area contributed by atoms with E-state index in [9.17, 15) is 0 Å². The fourth-order valence-corrected chi connectivity index (χ4v) is 2.92. The average Bonchev–Trinajstić information content (AvgIpc) is 2.48. The highest BCUT2D eigenvalue weighted by Gasteiger charge is 2.30. The molecule has 21 heavy (non-hydrogen) atoms. The first-order valence-corrected chi connectivity index (χ1v) is 8.12. The molecule has 1 unspecified atom stereocenters. The van der Waals surface area contributed by atoms with Crippen molar-refractivity contribution in [2.45, 2.75) is 45.8 Å². The number of benzene rings is 1. The van der Waals surface area contributed by atoms with Gasteiger partial charge in [-0.15, -0.1) is 0 Å². The number of anilines is 1. The van der Waals surface area contributed by atoms with E-state index < -0.39 is 0 Å². The lowest BCUT2D eigenvalue weighted by atomic mass is 9.94. The summed E-state index contributed by atoms with van der Waals surface area (Å²) in [6, 6.07) is 8.96. The summed E-state index contributed by atoms with van der Waals surface area (Å²) < 4.78 is 5.68. The number of methoxy groups -OCH3 is 1. The Bertz CT molecular complexity index is 429. The zero-order valence-electron chi connectivity index (χ0n) is 14.0. The minimum atomic E-state index is -0.00422. The van der Waals surface area contributed by atoms with E-state index in [-0.39, 0.29) is 5.60 Å². The van der Waals surface area contributed by atoms with Gasteiger partial charge in [-0.1, -0.05) is 26.0 Å². The number of nitrogens with one attached hydrogen (secondary N) is 1. The van der Waals surface area contributed by atoms with Crippen molar-refractivity contribution in [1.82, 2.24) is 5.32 Å². The van der Waals surface area contributed by atoms with Gasteiger partial charge in [0.05, 0.1) is 5.60 Å². The molecule has 2 rings (SSSR count). The van der Waals surface area contributed by atoms with Crippen LogP contribution in [0.15, 0.2) is 24.3 Å². The lowest BCUT2D eigenvalue weighted by Gasteiger charge is -2.40. The number of hydrogen-bond donors (Lipinski definition) is 1. The van der Waals surface area contributed by atoms with E-state index in [4.69, 9.17) is 4.74 Å². The summed E-state index contributed by atoms with van der Waals surface area (Å²) in [5.41, 5.74) is 2.66. The highest BCUT2D eigenvalue weighted by Crippen LogP contribution is 2.28. The van der Waals surface area contributed by atoms with Crippen molar-refractivity contribution in [3.05, 3.63) is 29.8 Å². The number of piperidine rings is 1. The summed E-state index contributed by atoms with van der Waals surface area (Å²) >= 11 is 0. The van der Waals surface area contributed by atoms with E-state index in [0.29, 0.717) is 5.92 Å². The maximum absolute atomic E-state index is 5.68. The Morgan fingerprint density at radius 1 is 1.29 bits per heavy atom. The van der Waals surface area contributed by atoms with E-state index in [1.807, 2.05) is 7.11 Å². The molecule has 0 bridgehead atoms. The first kappa shape index (κ1) is 16.3. The van der Waals surface area contributed by atoms with Crippen LogP contribution in [0.25, 0.3) is 0 Å².